The first-order chi connectivity index (χ1) is 13.1. The molecule has 10 heteroatoms. The minimum absolute atomic E-state index is 0.145. The van der Waals surface area contributed by atoms with Crippen molar-refractivity contribution in [3.05, 3.63) is 68.0 Å². The van der Waals surface area contributed by atoms with Gasteiger partial charge in [0.05, 0.1) is 9.88 Å². The van der Waals surface area contributed by atoms with Crippen molar-refractivity contribution >= 4 is 17.2 Å². The van der Waals surface area contributed by atoms with Gasteiger partial charge in [-0.1, -0.05) is 12.1 Å². The van der Waals surface area contributed by atoms with Gasteiger partial charge in [0.25, 0.3) is 11.5 Å². The molecule has 2 heterocycles. The molecule has 3 rings (SSSR count). The van der Waals surface area contributed by atoms with Crippen molar-refractivity contribution in [1.29, 1.82) is 0 Å². The van der Waals surface area contributed by atoms with Crippen LogP contribution in [0.3, 0.4) is 0 Å². The Kier molecular flexibility index (Phi) is 5.23. The molecule has 0 fully saturated rings. The number of pyridine rings is 1. The smallest absolute Gasteiger partial charge is 0.431 e. The molecular weight excluding hydrogens is 395 g/mol. The van der Waals surface area contributed by atoms with Crippen molar-refractivity contribution in [3.63, 3.8) is 0 Å². The molecule has 28 heavy (non-hydrogen) atoms. The third-order valence-corrected chi connectivity index (χ3v) is 4.69. The van der Waals surface area contributed by atoms with Gasteiger partial charge in [-0.15, -0.1) is 11.3 Å². The first-order valence-electron chi connectivity index (χ1n) is 7.94. The molecule has 0 radical (unpaired) electrons. The van der Waals surface area contributed by atoms with Crippen LogP contribution in [0.2, 0.25) is 0 Å². The number of aryl methyl sites for hydroxylation is 1. The van der Waals surface area contributed by atoms with Crippen LogP contribution in [0.1, 0.15) is 25.9 Å². The zero-order valence-electron chi connectivity index (χ0n) is 14.5. The quantitative estimate of drug-likeness (QED) is 0.674. The highest BCUT2D eigenvalue weighted by atomic mass is 32.1. The maximum Gasteiger partial charge on any atom is 0.431 e. The van der Waals surface area contributed by atoms with E-state index in [-0.39, 0.29) is 17.7 Å². The Morgan fingerprint density at radius 3 is 2.50 bits per heavy atom. The predicted molar refractivity (Wildman–Crippen MR) is 97.2 cm³/mol. The lowest BCUT2D eigenvalue weighted by atomic mass is 10.0. The van der Waals surface area contributed by atoms with Crippen molar-refractivity contribution in [2.45, 2.75) is 19.7 Å². The van der Waals surface area contributed by atoms with Crippen LogP contribution >= 0.6 is 11.3 Å². The number of thiazole rings is 1. The van der Waals surface area contributed by atoms with Crippen LogP contribution < -0.4 is 16.0 Å². The van der Waals surface area contributed by atoms with Crippen LogP contribution in [0.4, 0.5) is 13.2 Å². The van der Waals surface area contributed by atoms with E-state index in [0.717, 1.165) is 16.0 Å². The minimum Gasteiger partial charge on any atom is -0.488 e. The number of hydrogen-bond acceptors (Lipinski definition) is 5. The van der Waals surface area contributed by atoms with Gasteiger partial charge in [0.1, 0.15) is 23.6 Å². The first-order valence-corrected chi connectivity index (χ1v) is 8.75. The van der Waals surface area contributed by atoms with Gasteiger partial charge in [0.2, 0.25) is 0 Å². The molecule has 0 atom stereocenters. The largest absolute Gasteiger partial charge is 0.488 e. The number of carbonyl (C=O) groups excluding carboxylic acids is 1. The van der Waals surface area contributed by atoms with Gasteiger partial charge in [0, 0.05) is 11.8 Å². The summed E-state index contributed by atoms with van der Waals surface area (Å²) >= 11 is 1.48. The van der Waals surface area contributed by atoms with Crippen molar-refractivity contribution in [2.24, 2.45) is 5.73 Å². The van der Waals surface area contributed by atoms with Crippen molar-refractivity contribution in [1.82, 2.24) is 9.97 Å². The molecule has 0 aliphatic rings. The topological polar surface area (TPSA) is 98.1 Å². The lowest BCUT2D eigenvalue weighted by Gasteiger charge is -2.14. The van der Waals surface area contributed by atoms with E-state index in [0.29, 0.717) is 5.75 Å². The summed E-state index contributed by atoms with van der Waals surface area (Å²) in [4.78, 5) is 29.8. The SMILES string of the molecule is Cc1ncc(COc2ccc(-c3cc(C(N)=O)c(=O)[nH]c3C(F)(F)F)cc2)s1. The fraction of sp³-hybridized carbons (Fsp3) is 0.167. The average molecular weight is 409 g/mol. The van der Waals surface area contributed by atoms with Gasteiger partial charge in [-0.25, -0.2) is 4.98 Å². The first kappa shape index (κ1) is 19.6. The van der Waals surface area contributed by atoms with Crippen LogP contribution in [0.5, 0.6) is 5.75 Å². The lowest BCUT2D eigenvalue weighted by Crippen LogP contribution is -2.27. The van der Waals surface area contributed by atoms with Crippen molar-refractivity contribution in [3.8, 4) is 16.9 Å². The third-order valence-electron chi connectivity index (χ3n) is 3.81. The van der Waals surface area contributed by atoms with Gasteiger partial charge in [0.15, 0.2) is 0 Å². The van der Waals surface area contributed by atoms with E-state index in [2.05, 4.69) is 4.98 Å². The Labute approximate surface area is 160 Å². The number of carbonyl (C=O) groups is 1. The summed E-state index contributed by atoms with van der Waals surface area (Å²) in [6.07, 6.45) is -3.13. The Morgan fingerprint density at radius 2 is 1.96 bits per heavy atom. The highest BCUT2D eigenvalue weighted by molar-refractivity contribution is 7.11. The second-order valence-electron chi connectivity index (χ2n) is 5.82. The number of ether oxygens (including phenoxy) is 1. The minimum atomic E-state index is -4.82. The van der Waals surface area contributed by atoms with Gasteiger partial charge in [-0.3, -0.25) is 9.59 Å². The van der Waals surface area contributed by atoms with E-state index in [1.54, 1.807) is 11.2 Å². The zero-order valence-corrected chi connectivity index (χ0v) is 15.3. The Balaban J connectivity index is 1.93. The normalized spacial score (nSPS) is 11.4. The van der Waals surface area contributed by atoms with E-state index in [1.165, 1.54) is 35.6 Å². The molecular formula is C18H14F3N3O3S. The molecule has 0 spiro atoms. The molecule has 2 aromatic heterocycles. The Bertz CT molecular complexity index is 1070. The van der Waals surface area contributed by atoms with E-state index in [9.17, 15) is 22.8 Å². The molecule has 0 saturated carbocycles. The summed E-state index contributed by atoms with van der Waals surface area (Å²) in [7, 11) is 0. The standard InChI is InChI=1S/C18H14F3N3O3S/c1-9-23-7-12(28-9)8-27-11-4-2-10(3-5-11)13-6-14(16(22)25)17(26)24-15(13)18(19,20)21/h2-7H,8H2,1H3,(H2,22,25)(H,24,26). The van der Waals surface area contributed by atoms with Gasteiger partial charge >= 0.3 is 6.18 Å². The van der Waals surface area contributed by atoms with Gasteiger partial charge in [-0.05, 0) is 30.7 Å². The van der Waals surface area contributed by atoms with E-state index in [1.807, 2.05) is 6.92 Å². The second kappa shape index (κ2) is 7.47. The molecule has 0 unspecified atom stereocenters. The number of halogens is 3. The molecule has 1 aromatic carbocycles. The summed E-state index contributed by atoms with van der Waals surface area (Å²) < 4.78 is 45.6. The molecule has 0 aliphatic carbocycles. The molecule has 1 amide bonds. The maximum atomic E-state index is 13.3. The van der Waals surface area contributed by atoms with Crippen LogP contribution in [0.15, 0.2) is 41.3 Å². The number of amides is 1. The highest BCUT2D eigenvalue weighted by Crippen LogP contribution is 2.35. The van der Waals surface area contributed by atoms with Gasteiger partial charge in [-0.2, -0.15) is 13.2 Å². The van der Waals surface area contributed by atoms with Crippen LogP contribution in [-0.2, 0) is 12.8 Å². The maximum absolute atomic E-state index is 13.3. The number of rotatable bonds is 5. The highest BCUT2D eigenvalue weighted by Gasteiger charge is 2.36. The number of aromatic amines is 1. The van der Waals surface area contributed by atoms with Crippen LogP contribution in [0, 0.1) is 6.92 Å². The molecule has 0 bridgehead atoms. The number of H-pyrrole nitrogens is 1. The number of hydrogen-bond donors (Lipinski definition) is 2. The molecule has 6 nitrogen and oxygen atoms in total. The van der Waals surface area contributed by atoms with Crippen LogP contribution in [0.25, 0.3) is 11.1 Å². The zero-order chi connectivity index (χ0) is 20.5. The molecule has 0 saturated heterocycles. The predicted octanol–water partition coefficient (Wildman–Crippen LogP) is 3.50. The van der Waals surface area contributed by atoms with E-state index >= 15 is 0 Å². The molecule has 146 valence electrons. The molecule has 3 aromatic rings. The molecule has 3 N–H and O–H groups in total. The number of aromatic nitrogens is 2. The summed E-state index contributed by atoms with van der Waals surface area (Å²) in [6, 6.07) is 6.65. The summed E-state index contributed by atoms with van der Waals surface area (Å²) in [5, 5.41) is 0.900. The fourth-order valence-electron chi connectivity index (χ4n) is 2.52. The number of nitrogens with two attached hydrogens (primary N) is 1. The number of primary amides is 1. The van der Waals surface area contributed by atoms with Crippen molar-refractivity contribution < 1.29 is 22.7 Å². The lowest BCUT2D eigenvalue weighted by molar-refractivity contribution is -0.140. The van der Waals surface area contributed by atoms with Gasteiger partial charge < -0.3 is 15.5 Å². The fourth-order valence-corrected chi connectivity index (χ4v) is 3.23. The number of alkyl halides is 3. The number of nitrogens with one attached hydrogen (secondary N) is 1. The summed E-state index contributed by atoms with van der Waals surface area (Å²) in [5.74, 6) is -0.668. The second-order valence-corrected chi connectivity index (χ2v) is 7.14. The van der Waals surface area contributed by atoms with Crippen LogP contribution in [-0.4, -0.2) is 15.9 Å². The summed E-state index contributed by atoms with van der Waals surface area (Å²) in [5.41, 5.74) is 1.87. The number of benzene rings is 1. The summed E-state index contributed by atoms with van der Waals surface area (Å²) in [6.45, 7) is 2.15. The number of nitrogens with zero attached hydrogens (tertiary/aromatic N) is 1. The molecule has 0 aliphatic heterocycles. The van der Waals surface area contributed by atoms with E-state index < -0.39 is 28.9 Å². The Hall–Kier alpha value is -3.14. The van der Waals surface area contributed by atoms with Crippen molar-refractivity contribution in [2.75, 3.05) is 0 Å². The Morgan fingerprint density at radius 1 is 1.29 bits per heavy atom. The third kappa shape index (κ3) is 4.22. The monoisotopic (exact) mass is 409 g/mol. The average Bonchev–Trinajstić information content (AvgIpc) is 3.04. The van der Waals surface area contributed by atoms with E-state index in [4.69, 9.17) is 10.5 Å².